The fourth-order valence-electron chi connectivity index (χ4n) is 1.66. The summed E-state index contributed by atoms with van der Waals surface area (Å²) in [5.74, 6) is 1.53. The van der Waals surface area contributed by atoms with E-state index in [2.05, 4.69) is 43.5 Å². The highest BCUT2D eigenvalue weighted by Gasteiger charge is 2.06. The molecule has 0 saturated carbocycles. The summed E-state index contributed by atoms with van der Waals surface area (Å²) in [5.41, 5.74) is 1.90. The third-order valence-electron chi connectivity index (χ3n) is 2.73. The minimum Gasteiger partial charge on any atom is -0.370 e. The van der Waals surface area contributed by atoms with Crippen molar-refractivity contribution in [1.82, 2.24) is 9.97 Å². The highest BCUT2D eigenvalue weighted by atomic mass is 79.9. The zero-order valence-corrected chi connectivity index (χ0v) is 13.7. The Kier molecular flexibility index (Phi) is 5.20. The molecule has 2 rings (SSSR count). The summed E-state index contributed by atoms with van der Waals surface area (Å²) in [5, 5.41) is 7.18. The van der Waals surface area contributed by atoms with Crippen LogP contribution in [0.5, 0.6) is 0 Å². The van der Waals surface area contributed by atoms with Crippen LogP contribution in [-0.4, -0.2) is 16.5 Å². The molecule has 0 saturated heterocycles. The van der Waals surface area contributed by atoms with E-state index in [0.29, 0.717) is 5.02 Å². The number of aryl methyl sites for hydroxylation is 1. The molecule has 0 atom stereocenters. The van der Waals surface area contributed by atoms with Crippen LogP contribution in [0.2, 0.25) is 5.02 Å². The summed E-state index contributed by atoms with van der Waals surface area (Å²) < 4.78 is 0.945. The number of benzene rings is 1. The smallest absolute Gasteiger partial charge is 0.135 e. The fraction of sp³-hybridized carbons (Fsp3) is 0.286. The molecular weight excluding hydrogens is 340 g/mol. The molecule has 0 aliphatic rings. The first-order valence-corrected chi connectivity index (χ1v) is 7.56. The molecule has 2 aromatic rings. The number of anilines is 3. The second kappa shape index (κ2) is 6.90. The average Bonchev–Trinajstić information content (AvgIpc) is 2.43. The lowest BCUT2D eigenvalue weighted by atomic mass is 10.2. The summed E-state index contributed by atoms with van der Waals surface area (Å²) >= 11 is 9.66. The maximum absolute atomic E-state index is 6.15. The van der Waals surface area contributed by atoms with Gasteiger partial charge in [0.15, 0.2) is 0 Å². The second-order valence-electron chi connectivity index (χ2n) is 4.42. The van der Waals surface area contributed by atoms with E-state index in [1.54, 1.807) is 0 Å². The Morgan fingerprint density at radius 2 is 1.95 bits per heavy atom. The zero-order valence-electron chi connectivity index (χ0n) is 11.4. The largest absolute Gasteiger partial charge is 0.370 e. The van der Waals surface area contributed by atoms with Crippen LogP contribution in [0.3, 0.4) is 0 Å². The summed E-state index contributed by atoms with van der Waals surface area (Å²) in [7, 11) is 0. The van der Waals surface area contributed by atoms with E-state index in [0.717, 1.165) is 40.3 Å². The van der Waals surface area contributed by atoms with Gasteiger partial charge in [-0.15, -0.1) is 0 Å². The molecule has 6 heteroatoms. The number of nitrogens with one attached hydrogen (secondary N) is 2. The van der Waals surface area contributed by atoms with Crippen molar-refractivity contribution >= 4 is 44.9 Å². The van der Waals surface area contributed by atoms with E-state index in [1.165, 1.54) is 6.33 Å². The standard InChI is InChI=1S/C14H16BrClN4/c1-3-4-17-13-7-14(19-8-18-13)20-12-6-11(16)9(2)5-10(12)15/h5-8H,3-4H2,1-2H3,(H2,17,18,19,20). The third-order valence-corrected chi connectivity index (χ3v) is 3.80. The molecule has 1 heterocycles. The summed E-state index contributed by atoms with van der Waals surface area (Å²) in [6.07, 6.45) is 2.58. The minimum absolute atomic E-state index is 0.717. The van der Waals surface area contributed by atoms with E-state index in [9.17, 15) is 0 Å². The van der Waals surface area contributed by atoms with Crippen molar-refractivity contribution in [2.45, 2.75) is 20.3 Å². The Bertz CT molecular complexity index is 604. The van der Waals surface area contributed by atoms with Crippen molar-refractivity contribution in [3.63, 3.8) is 0 Å². The Morgan fingerprint density at radius 3 is 2.70 bits per heavy atom. The topological polar surface area (TPSA) is 49.8 Å². The number of halogens is 2. The van der Waals surface area contributed by atoms with Crippen LogP contribution < -0.4 is 10.6 Å². The van der Waals surface area contributed by atoms with Crippen LogP contribution in [0.25, 0.3) is 0 Å². The lowest BCUT2D eigenvalue weighted by Gasteiger charge is -2.11. The zero-order chi connectivity index (χ0) is 14.5. The first-order valence-electron chi connectivity index (χ1n) is 6.38. The quantitative estimate of drug-likeness (QED) is 0.811. The summed E-state index contributed by atoms with van der Waals surface area (Å²) in [6, 6.07) is 5.72. The first-order chi connectivity index (χ1) is 9.60. The van der Waals surface area contributed by atoms with E-state index in [-0.39, 0.29) is 0 Å². The van der Waals surface area contributed by atoms with Gasteiger partial charge in [0, 0.05) is 22.1 Å². The van der Waals surface area contributed by atoms with Gasteiger partial charge >= 0.3 is 0 Å². The van der Waals surface area contributed by atoms with Crippen molar-refractivity contribution in [3.8, 4) is 0 Å². The van der Waals surface area contributed by atoms with Gasteiger partial charge < -0.3 is 10.6 Å². The normalized spacial score (nSPS) is 10.4. The molecule has 106 valence electrons. The van der Waals surface area contributed by atoms with E-state index < -0.39 is 0 Å². The van der Waals surface area contributed by atoms with E-state index in [4.69, 9.17) is 11.6 Å². The Balaban J connectivity index is 2.19. The van der Waals surface area contributed by atoms with Gasteiger partial charge in [-0.05, 0) is 47.0 Å². The van der Waals surface area contributed by atoms with Crippen LogP contribution in [0.4, 0.5) is 17.3 Å². The Labute approximate surface area is 132 Å². The SMILES string of the molecule is CCCNc1cc(Nc2cc(Cl)c(C)cc2Br)ncn1. The summed E-state index contributed by atoms with van der Waals surface area (Å²) in [6.45, 7) is 4.96. The predicted molar refractivity (Wildman–Crippen MR) is 88.0 cm³/mol. The van der Waals surface area contributed by atoms with Crippen LogP contribution in [0.15, 0.2) is 29.0 Å². The van der Waals surface area contributed by atoms with Crippen LogP contribution in [-0.2, 0) is 0 Å². The fourth-order valence-corrected chi connectivity index (χ4v) is 2.38. The van der Waals surface area contributed by atoms with Gasteiger partial charge in [-0.2, -0.15) is 0 Å². The molecule has 0 spiro atoms. The molecule has 2 N–H and O–H groups in total. The van der Waals surface area contributed by atoms with Gasteiger partial charge in [0.1, 0.15) is 18.0 Å². The molecular formula is C14H16BrClN4. The van der Waals surface area contributed by atoms with Gasteiger partial charge in [0.25, 0.3) is 0 Å². The van der Waals surface area contributed by atoms with Crippen molar-refractivity contribution < 1.29 is 0 Å². The van der Waals surface area contributed by atoms with Crippen molar-refractivity contribution in [3.05, 3.63) is 39.6 Å². The number of hydrogen-bond donors (Lipinski definition) is 2. The van der Waals surface area contributed by atoms with Gasteiger partial charge in [-0.1, -0.05) is 18.5 Å². The molecule has 0 aliphatic carbocycles. The molecule has 0 unspecified atom stereocenters. The van der Waals surface area contributed by atoms with Gasteiger partial charge in [0.2, 0.25) is 0 Å². The molecule has 0 fully saturated rings. The predicted octanol–water partition coefficient (Wildman–Crippen LogP) is 4.77. The average molecular weight is 356 g/mol. The number of rotatable bonds is 5. The van der Waals surface area contributed by atoms with Crippen LogP contribution in [0.1, 0.15) is 18.9 Å². The summed E-state index contributed by atoms with van der Waals surface area (Å²) in [4.78, 5) is 8.38. The number of nitrogens with zero attached hydrogens (tertiary/aromatic N) is 2. The molecule has 1 aromatic carbocycles. The van der Waals surface area contributed by atoms with Crippen LogP contribution >= 0.6 is 27.5 Å². The maximum Gasteiger partial charge on any atom is 0.135 e. The molecule has 20 heavy (non-hydrogen) atoms. The second-order valence-corrected chi connectivity index (χ2v) is 5.68. The van der Waals surface area contributed by atoms with Crippen LogP contribution in [0, 0.1) is 6.92 Å². The Morgan fingerprint density at radius 1 is 1.20 bits per heavy atom. The highest BCUT2D eigenvalue weighted by Crippen LogP contribution is 2.31. The first kappa shape index (κ1) is 15.1. The molecule has 0 aliphatic heterocycles. The minimum atomic E-state index is 0.717. The van der Waals surface area contributed by atoms with Gasteiger partial charge in [0.05, 0.1) is 5.69 Å². The highest BCUT2D eigenvalue weighted by molar-refractivity contribution is 9.10. The lowest BCUT2D eigenvalue weighted by molar-refractivity contribution is 0.965. The van der Waals surface area contributed by atoms with Crippen molar-refractivity contribution in [2.75, 3.05) is 17.2 Å². The van der Waals surface area contributed by atoms with E-state index >= 15 is 0 Å². The molecule has 0 bridgehead atoms. The molecule has 4 nitrogen and oxygen atoms in total. The van der Waals surface area contributed by atoms with Gasteiger partial charge in [-0.3, -0.25) is 0 Å². The van der Waals surface area contributed by atoms with Gasteiger partial charge in [-0.25, -0.2) is 9.97 Å². The number of aromatic nitrogens is 2. The van der Waals surface area contributed by atoms with Crippen molar-refractivity contribution in [1.29, 1.82) is 0 Å². The molecule has 0 amide bonds. The maximum atomic E-state index is 6.15. The van der Waals surface area contributed by atoms with E-state index in [1.807, 2.05) is 25.1 Å². The molecule has 1 aromatic heterocycles. The third kappa shape index (κ3) is 3.84. The molecule has 0 radical (unpaired) electrons. The van der Waals surface area contributed by atoms with Crippen molar-refractivity contribution in [2.24, 2.45) is 0 Å². The number of hydrogen-bond acceptors (Lipinski definition) is 4. The Hall–Kier alpha value is -1.33. The lowest BCUT2D eigenvalue weighted by Crippen LogP contribution is -2.03. The monoisotopic (exact) mass is 354 g/mol.